The van der Waals surface area contributed by atoms with Crippen molar-refractivity contribution in [1.82, 2.24) is 9.97 Å². The SMILES string of the molecule is Cc1c(-c2cc3cc(NC(=O)O[C@H]4COC[C@@H]4C4CC4)ncc3c(N)c2F)cnc2c1NCCO2. The second-order valence-corrected chi connectivity index (χ2v) is 9.30. The number of ether oxygens (including phenoxy) is 3. The van der Waals surface area contributed by atoms with E-state index in [0.717, 1.165) is 24.1 Å². The summed E-state index contributed by atoms with van der Waals surface area (Å²) in [5.41, 5.74) is 8.60. The van der Waals surface area contributed by atoms with Gasteiger partial charge in [0, 0.05) is 41.4 Å². The van der Waals surface area contributed by atoms with Crippen LogP contribution in [-0.4, -0.2) is 48.5 Å². The second-order valence-electron chi connectivity index (χ2n) is 9.30. The first-order valence-corrected chi connectivity index (χ1v) is 11.8. The number of anilines is 3. The first-order chi connectivity index (χ1) is 17.0. The van der Waals surface area contributed by atoms with Gasteiger partial charge < -0.3 is 25.3 Å². The third-order valence-electron chi connectivity index (χ3n) is 7.02. The molecule has 2 aromatic heterocycles. The Balaban J connectivity index is 1.29. The van der Waals surface area contributed by atoms with Crippen molar-refractivity contribution in [3.05, 3.63) is 35.9 Å². The van der Waals surface area contributed by atoms with Crippen LogP contribution in [0.2, 0.25) is 0 Å². The van der Waals surface area contributed by atoms with Crippen LogP contribution in [0.4, 0.5) is 26.4 Å². The van der Waals surface area contributed by atoms with Gasteiger partial charge in [0.25, 0.3) is 0 Å². The maximum absolute atomic E-state index is 15.3. The number of hydrogen-bond donors (Lipinski definition) is 3. The van der Waals surface area contributed by atoms with Crippen LogP contribution in [0.15, 0.2) is 24.5 Å². The molecule has 4 N–H and O–H groups in total. The fraction of sp³-hybridized carbons (Fsp3) is 0.400. The van der Waals surface area contributed by atoms with Gasteiger partial charge in [-0.05, 0) is 48.8 Å². The number of pyridine rings is 2. The highest BCUT2D eigenvalue weighted by Gasteiger charge is 2.42. The van der Waals surface area contributed by atoms with Gasteiger partial charge in [0.2, 0.25) is 5.88 Å². The number of carbonyl (C=O) groups excluding carboxylic acids is 1. The van der Waals surface area contributed by atoms with Gasteiger partial charge in [0.15, 0.2) is 5.82 Å². The number of halogens is 1. The van der Waals surface area contributed by atoms with E-state index < -0.39 is 11.9 Å². The Morgan fingerprint density at radius 2 is 2.09 bits per heavy atom. The number of aromatic nitrogens is 2. The summed E-state index contributed by atoms with van der Waals surface area (Å²) in [6, 6.07) is 3.34. The van der Waals surface area contributed by atoms with E-state index in [1.54, 1.807) is 18.3 Å². The molecule has 9 nitrogen and oxygen atoms in total. The molecular formula is C25H26FN5O4. The molecular weight excluding hydrogens is 453 g/mol. The summed E-state index contributed by atoms with van der Waals surface area (Å²) in [6.07, 6.45) is 4.51. The van der Waals surface area contributed by atoms with Crippen molar-refractivity contribution in [2.24, 2.45) is 11.8 Å². The molecule has 182 valence electrons. The van der Waals surface area contributed by atoms with Crippen LogP contribution in [0.3, 0.4) is 0 Å². The summed E-state index contributed by atoms with van der Waals surface area (Å²) < 4.78 is 32.1. The summed E-state index contributed by atoms with van der Waals surface area (Å²) in [5.74, 6) is 1.07. The minimum absolute atomic E-state index is 0.0177. The normalized spacial score (nSPS) is 21.2. The lowest BCUT2D eigenvalue weighted by atomic mass is 9.97. The summed E-state index contributed by atoms with van der Waals surface area (Å²) in [7, 11) is 0. The molecule has 1 amide bonds. The van der Waals surface area contributed by atoms with Gasteiger partial charge >= 0.3 is 6.09 Å². The zero-order valence-corrected chi connectivity index (χ0v) is 19.3. The van der Waals surface area contributed by atoms with Gasteiger partial charge in [-0.1, -0.05) is 0 Å². The smallest absolute Gasteiger partial charge is 0.413 e. The number of nitrogen functional groups attached to an aromatic ring is 1. The number of benzene rings is 1. The van der Waals surface area contributed by atoms with Crippen LogP contribution in [0, 0.1) is 24.6 Å². The molecule has 2 aliphatic heterocycles. The Morgan fingerprint density at radius 1 is 1.23 bits per heavy atom. The van der Waals surface area contributed by atoms with Crippen molar-refractivity contribution in [3.8, 4) is 17.0 Å². The molecule has 1 saturated heterocycles. The number of nitrogens with zero attached hydrogens (tertiary/aromatic N) is 2. The lowest BCUT2D eigenvalue weighted by Crippen LogP contribution is -2.29. The molecule has 1 aromatic carbocycles. The summed E-state index contributed by atoms with van der Waals surface area (Å²) >= 11 is 0. The second kappa shape index (κ2) is 8.53. The Kier molecular flexibility index (Phi) is 5.32. The van der Waals surface area contributed by atoms with Gasteiger partial charge in [-0.3, -0.25) is 5.32 Å². The zero-order chi connectivity index (χ0) is 24.1. The average Bonchev–Trinajstić information content (AvgIpc) is 3.60. The minimum Gasteiger partial charge on any atom is -0.474 e. The molecule has 2 atom stereocenters. The van der Waals surface area contributed by atoms with Crippen LogP contribution in [-0.2, 0) is 9.47 Å². The molecule has 2 fully saturated rings. The maximum atomic E-state index is 15.3. The summed E-state index contributed by atoms with van der Waals surface area (Å²) in [6.45, 7) is 4.09. The molecule has 0 radical (unpaired) electrons. The number of fused-ring (bicyclic) bond motifs is 2. The first-order valence-electron chi connectivity index (χ1n) is 11.8. The number of nitrogens with two attached hydrogens (primary N) is 1. The van der Waals surface area contributed by atoms with E-state index in [9.17, 15) is 4.79 Å². The maximum Gasteiger partial charge on any atom is 0.413 e. The molecule has 3 aliphatic rings. The molecule has 4 heterocycles. The standard InChI is InChI=1S/C25H26FN5O4/c1-12-16(8-30-24-23(12)28-4-5-34-24)15-6-14-7-20(29-9-17(14)22(27)21(15)26)31-25(32)35-19-11-33-10-18(19)13-2-3-13/h6-9,13,18-19,28H,2-5,10-11,27H2,1H3,(H,29,31,32)/t18-,19+/m1/s1. The zero-order valence-electron chi connectivity index (χ0n) is 19.3. The van der Waals surface area contributed by atoms with E-state index in [4.69, 9.17) is 19.9 Å². The Hall–Kier alpha value is -3.66. The van der Waals surface area contributed by atoms with Gasteiger partial charge in [-0.2, -0.15) is 0 Å². The monoisotopic (exact) mass is 479 g/mol. The molecule has 6 rings (SSSR count). The van der Waals surface area contributed by atoms with Crippen molar-refractivity contribution in [3.63, 3.8) is 0 Å². The summed E-state index contributed by atoms with van der Waals surface area (Å²) in [4.78, 5) is 21.1. The fourth-order valence-corrected chi connectivity index (χ4v) is 4.96. The van der Waals surface area contributed by atoms with Crippen LogP contribution < -0.4 is 21.1 Å². The Labute approximate surface area is 201 Å². The number of rotatable bonds is 4. The van der Waals surface area contributed by atoms with E-state index in [-0.39, 0.29) is 23.5 Å². The third kappa shape index (κ3) is 3.97. The lowest BCUT2D eigenvalue weighted by molar-refractivity contribution is 0.0788. The lowest BCUT2D eigenvalue weighted by Gasteiger charge is -2.22. The van der Waals surface area contributed by atoms with E-state index in [1.807, 2.05) is 6.92 Å². The molecule has 0 bridgehead atoms. The van der Waals surface area contributed by atoms with Gasteiger partial charge in [-0.25, -0.2) is 19.2 Å². The van der Waals surface area contributed by atoms with Crippen LogP contribution in [0.1, 0.15) is 18.4 Å². The summed E-state index contributed by atoms with van der Waals surface area (Å²) in [5, 5.41) is 7.03. The fourth-order valence-electron chi connectivity index (χ4n) is 4.96. The van der Waals surface area contributed by atoms with E-state index >= 15 is 4.39 Å². The molecule has 35 heavy (non-hydrogen) atoms. The molecule has 0 unspecified atom stereocenters. The van der Waals surface area contributed by atoms with Crippen molar-refractivity contribution in [2.75, 3.05) is 42.7 Å². The topological polar surface area (TPSA) is 121 Å². The largest absolute Gasteiger partial charge is 0.474 e. The minimum atomic E-state index is -0.589. The number of carbonyl (C=O) groups is 1. The van der Waals surface area contributed by atoms with Crippen LogP contribution in [0.5, 0.6) is 5.88 Å². The molecule has 10 heteroatoms. The molecule has 3 aromatic rings. The van der Waals surface area contributed by atoms with Crippen molar-refractivity contribution in [2.45, 2.75) is 25.9 Å². The van der Waals surface area contributed by atoms with Crippen LogP contribution >= 0.6 is 0 Å². The predicted octanol–water partition coefficient (Wildman–Crippen LogP) is 4.10. The average molecular weight is 480 g/mol. The highest BCUT2D eigenvalue weighted by Crippen LogP contribution is 2.42. The van der Waals surface area contributed by atoms with Crippen LogP contribution in [0.25, 0.3) is 21.9 Å². The Morgan fingerprint density at radius 3 is 2.91 bits per heavy atom. The highest BCUT2D eigenvalue weighted by molar-refractivity contribution is 5.99. The number of hydrogen-bond acceptors (Lipinski definition) is 8. The van der Waals surface area contributed by atoms with E-state index in [1.165, 1.54) is 6.20 Å². The highest BCUT2D eigenvalue weighted by atomic mass is 19.1. The number of amides is 1. The van der Waals surface area contributed by atoms with Gasteiger partial charge in [-0.15, -0.1) is 0 Å². The van der Waals surface area contributed by atoms with Gasteiger partial charge in [0.05, 0.1) is 18.9 Å². The quantitative estimate of drug-likeness (QED) is 0.478. The predicted molar refractivity (Wildman–Crippen MR) is 129 cm³/mol. The van der Waals surface area contributed by atoms with Crippen molar-refractivity contribution < 1.29 is 23.4 Å². The van der Waals surface area contributed by atoms with E-state index in [2.05, 4.69) is 20.6 Å². The molecule has 1 aliphatic carbocycles. The first kappa shape index (κ1) is 21.8. The third-order valence-corrected chi connectivity index (χ3v) is 7.02. The van der Waals surface area contributed by atoms with Crippen molar-refractivity contribution >= 4 is 34.1 Å². The number of nitrogens with one attached hydrogen (secondary N) is 2. The Bertz CT molecular complexity index is 1330. The van der Waals surface area contributed by atoms with E-state index in [0.29, 0.717) is 60.1 Å². The molecule has 0 spiro atoms. The molecule has 1 saturated carbocycles. The van der Waals surface area contributed by atoms with Gasteiger partial charge in [0.1, 0.15) is 24.2 Å². The van der Waals surface area contributed by atoms with Crippen molar-refractivity contribution in [1.29, 1.82) is 0 Å².